The number of carbonyl (C=O) groups excluding carboxylic acids is 1. The first-order valence-electron chi connectivity index (χ1n) is 11.6. The summed E-state index contributed by atoms with van der Waals surface area (Å²) < 4.78 is 0. The summed E-state index contributed by atoms with van der Waals surface area (Å²) in [6, 6.07) is 16.2. The zero-order valence-electron chi connectivity index (χ0n) is 20.7. The van der Waals surface area contributed by atoms with E-state index in [1.54, 1.807) is 29.7 Å². The number of hydrogen-bond donors (Lipinski definition) is 2. The Morgan fingerprint density at radius 2 is 1.97 bits per heavy atom. The molecular weight excluding hydrogens is 466 g/mol. The summed E-state index contributed by atoms with van der Waals surface area (Å²) in [6.07, 6.45) is 7.07. The van der Waals surface area contributed by atoms with Crippen LogP contribution in [0.4, 0.5) is 5.82 Å². The molecule has 0 bridgehead atoms. The number of thiophene rings is 1. The molecule has 0 aliphatic carbocycles. The van der Waals surface area contributed by atoms with Gasteiger partial charge in [0.25, 0.3) is 0 Å². The second kappa shape index (κ2) is 11.1. The van der Waals surface area contributed by atoms with Gasteiger partial charge < -0.3 is 11.1 Å². The summed E-state index contributed by atoms with van der Waals surface area (Å²) in [4.78, 5) is 27.5. The monoisotopic (exact) mass is 495 g/mol. The molecule has 0 aliphatic rings. The van der Waals surface area contributed by atoms with Crippen molar-refractivity contribution in [1.29, 1.82) is 0 Å². The molecule has 0 aliphatic heterocycles. The first kappa shape index (κ1) is 25.0. The van der Waals surface area contributed by atoms with E-state index in [9.17, 15) is 4.79 Å². The Balaban J connectivity index is 1.55. The molecule has 0 fully saturated rings. The third kappa shape index (κ3) is 5.75. The molecule has 2 aromatic carbocycles. The summed E-state index contributed by atoms with van der Waals surface area (Å²) >= 11 is 1.64. The Bertz CT molecular complexity index is 1480. The van der Waals surface area contributed by atoms with Crippen LogP contribution in [0.25, 0.3) is 21.3 Å². The lowest BCUT2D eigenvalue weighted by atomic mass is 10.0. The maximum atomic E-state index is 13.3. The van der Waals surface area contributed by atoms with E-state index in [0.717, 1.165) is 31.8 Å². The van der Waals surface area contributed by atoms with Gasteiger partial charge in [0.1, 0.15) is 12.1 Å². The molecule has 1 atom stereocenters. The molecule has 36 heavy (non-hydrogen) atoms. The summed E-state index contributed by atoms with van der Waals surface area (Å²) in [5.41, 5.74) is 12.1. The van der Waals surface area contributed by atoms with Gasteiger partial charge in [0, 0.05) is 33.3 Å². The van der Waals surface area contributed by atoms with Crippen LogP contribution in [0.15, 0.2) is 83.8 Å². The van der Waals surface area contributed by atoms with Gasteiger partial charge in [-0.2, -0.15) is 0 Å². The molecule has 1 unspecified atom stereocenters. The number of nitrogens with two attached hydrogens (primary N) is 1. The van der Waals surface area contributed by atoms with E-state index in [-0.39, 0.29) is 11.9 Å². The van der Waals surface area contributed by atoms with Crippen molar-refractivity contribution in [3.8, 4) is 10.4 Å². The molecule has 0 saturated heterocycles. The molecule has 182 valence electrons. The number of allylic oxidation sites excluding steroid dienone is 2. The highest BCUT2D eigenvalue weighted by molar-refractivity contribution is 7.15. The van der Waals surface area contributed by atoms with E-state index >= 15 is 0 Å². The quantitative estimate of drug-likeness (QED) is 0.175. The first-order chi connectivity index (χ1) is 17.4. The predicted octanol–water partition coefficient (Wildman–Crippen LogP) is 6.12. The molecule has 6 nitrogen and oxygen atoms in total. The van der Waals surface area contributed by atoms with Crippen LogP contribution in [0.2, 0.25) is 0 Å². The van der Waals surface area contributed by atoms with Crippen molar-refractivity contribution in [3.63, 3.8) is 0 Å². The lowest BCUT2D eigenvalue weighted by Crippen LogP contribution is -2.28. The van der Waals surface area contributed by atoms with E-state index in [0.29, 0.717) is 17.8 Å². The van der Waals surface area contributed by atoms with Crippen LogP contribution in [-0.2, 0) is 11.2 Å². The van der Waals surface area contributed by atoms with Gasteiger partial charge >= 0.3 is 0 Å². The van der Waals surface area contributed by atoms with Crippen LogP contribution in [0.5, 0.6) is 0 Å². The smallest absolute Gasteiger partial charge is 0.248 e. The number of aryl methyl sites for hydroxylation is 2. The average molecular weight is 496 g/mol. The van der Waals surface area contributed by atoms with Crippen LogP contribution in [0.1, 0.15) is 34.5 Å². The summed E-state index contributed by atoms with van der Waals surface area (Å²) in [6.45, 7) is 9.63. The molecular formula is C29H29N5OS. The minimum Gasteiger partial charge on any atom is -0.383 e. The fourth-order valence-corrected chi connectivity index (χ4v) is 4.91. The molecule has 1 amide bonds. The molecule has 3 N–H and O–H groups in total. The standard InChI is InChI=1S/C29H29N5OS/c1-18-7-8-21(14-19(18)2)20(3)34-29(35)23(6-5-13-31-4)15-24-10-12-27(36-24)22-9-11-26-25(16-22)28(30)33-17-32-26/h5-14,16-17,20H,4,15H2,1-3H3,(H,34,35)(H2,30,32,33)/b13-5-,23-6+. The molecule has 0 saturated carbocycles. The second-order valence-electron chi connectivity index (χ2n) is 8.69. The van der Waals surface area contributed by atoms with Crippen LogP contribution < -0.4 is 11.1 Å². The minimum absolute atomic E-state index is 0.111. The van der Waals surface area contributed by atoms with Gasteiger partial charge in [-0.1, -0.05) is 30.3 Å². The number of amides is 1. The Kier molecular flexibility index (Phi) is 7.71. The predicted molar refractivity (Wildman–Crippen MR) is 150 cm³/mol. The highest BCUT2D eigenvalue weighted by atomic mass is 32.1. The van der Waals surface area contributed by atoms with Gasteiger partial charge in [0.05, 0.1) is 11.6 Å². The van der Waals surface area contributed by atoms with Crippen molar-refractivity contribution in [3.05, 3.63) is 100 Å². The first-order valence-corrected chi connectivity index (χ1v) is 12.5. The lowest BCUT2D eigenvalue weighted by Gasteiger charge is -2.17. The number of fused-ring (bicyclic) bond motifs is 1. The normalized spacial score (nSPS) is 12.7. The lowest BCUT2D eigenvalue weighted by molar-refractivity contribution is -0.118. The van der Waals surface area contributed by atoms with Crippen molar-refractivity contribution in [2.24, 2.45) is 4.99 Å². The zero-order valence-corrected chi connectivity index (χ0v) is 21.5. The molecule has 2 aromatic heterocycles. The summed E-state index contributed by atoms with van der Waals surface area (Å²) in [5.74, 6) is 0.348. The molecule has 7 heteroatoms. The summed E-state index contributed by atoms with van der Waals surface area (Å²) in [7, 11) is 0. The van der Waals surface area contributed by atoms with Gasteiger partial charge in [0.15, 0.2) is 0 Å². The number of aliphatic imine (C=N–C) groups is 1. The van der Waals surface area contributed by atoms with E-state index < -0.39 is 0 Å². The maximum absolute atomic E-state index is 13.3. The third-order valence-electron chi connectivity index (χ3n) is 6.14. The van der Waals surface area contributed by atoms with Crippen molar-refractivity contribution < 1.29 is 4.79 Å². The minimum atomic E-state index is -0.120. The zero-order chi connectivity index (χ0) is 25.7. The third-order valence-corrected chi connectivity index (χ3v) is 7.27. The van der Waals surface area contributed by atoms with Crippen molar-refractivity contribution in [2.45, 2.75) is 33.2 Å². The van der Waals surface area contributed by atoms with Crippen molar-refractivity contribution >= 4 is 40.7 Å². The number of nitrogens with zero attached hydrogens (tertiary/aromatic N) is 3. The maximum Gasteiger partial charge on any atom is 0.248 e. The van der Waals surface area contributed by atoms with Crippen molar-refractivity contribution in [2.75, 3.05) is 5.73 Å². The fraction of sp³-hybridized carbons (Fsp3) is 0.172. The molecule has 0 spiro atoms. The van der Waals surface area contributed by atoms with Gasteiger partial charge in [-0.3, -0.25) is 9.79 Å². The average Bonchev–Trinajstić information content (AvgIpc) is 3.34. The van der Waals surface area contributed by atoms with Gasteiger partial charge in [-0.05, 0) is 80.1 Å². The van der Waals surface area contributed by atoms with E-state index in [1.165, 1.54) is 17.5 Å². The van der Waals surface area contributed by atoms with E-state index in [4.69, 9.17) is 5.73 Å². The number of hydrogen-bond acceptors (Lipinski definition) is 6. The Morgan fingerprint density at radius 3 is 2.75 bits per heavy atom. The highest BCUT2D eigenvalue weighted by Gasteiger charge is 2.16. The van der Waals surface area contributed by atoms with Crippen molar-refractivity contribution in [1.82, 2.24) is 15.3 Å². The largest absolute Gasteiger partial charge is 0.383 e. The molecule has 4 aromatic rings. The molecule has 2 heterocycles. The SMILES string of the molecule is C=N/C=C\C=C(/Cc1ccc(-c2ccc3ncnc(N)c3c2)s1)C(=O)NC(C)c1ccc(C)c(C)c1. The number of benzene rings is 2. The second-order valence-corrected chi connectivity index (χ2v) is 9.86. The van der Waals surface area contributed by atoms with Crippen LogP contribution in [0.3, 0.4) is 0 Å². The van der Waals surface area contributed by atoms with Crippen LogP contribution >= 0.6 is 11.3 Å². The van der Waals surface area contributed by atoms with Crippen LogP contribution in [0, 0.1) is 13.8 Å². The van der Waals surface area contributed by atoms with Crippen LogP contribution in [-0.4, -0.2) is 22.6 Å². The van der Waals surface area contributed by atoms with E-state index in [2.05, 4.69) is 71.2 Å². The highest BCUT2D eigenvalue weighted by Crippen LogP contribution is 2.32. The number of carbonyl (C=O) groups is 1. The fourth-order valence-electron chi connectivity index (χ4n) is 3.89. The number of nitrogens with one attached hydrogen (secondary N) is 1. The molecule has 4 rings (SSSR count). The van der Waals surface area contributed by atoms with Gasteiger partial charge in [-0.25, -0.2) is 9.97 Å². The summed E-state index contributed by atoms with van der Waals surface area (Å²) in [5, 5.41) is 3.97. The van der Waals surface area contributed by atoms with Gasteiger partial charge in [0.2, 0.25) is 5.91 Å². The number of anilines is 1. The van der Waals surface area contributed by atoms with Gasteiger partial charge in [-0.15, -0.1) is 11.3 Å². The topological polar surface area (TPSA) is 93.3 Å². The Labute approximate surface area is 215 Å². The van der Waals surface area contributed by atoms with E-state index in [1.807, 2.05) is 25.1 Å². The Morgan fingerprint density at radius 1 is 1.14 bits per heavy atom. The number of nitrogen functional groups attached to an aromatic ring is 1. The Hall–Kier alpha value is -4.10. The number of aromatic nitrogens is 2. The molecule has 0 radical (unpaired) electrons. The number of rotatable bonds is 8.